The molecular weight excluding hydrogens is 570 g/mol. The summed E-state index contributed by atoms with van der Waals surface area (Å²) in [4.78, 5) is 12.4. The van der Waals surface area contributed by atoms with E-state index in [1.165, 1.54) is 44.6 Å². The minimum absolute atomic E-state index is 0.252. The van der Waals surface area contributed by atoms with Crippen molar-refractivity contribution < 1.29 is 22.9 Å². The number of aliphatic hydroxyl groups excluding tert-OH is 1. The monoisotopic (exact) mass is 633 g/mol. The van der Waals surface area contributed by atoms with Crippen LogP contribution in [0.5, 0.6) is 0 Å². The lowest BCUT2D eigenvalue weighted by Gasteiger charge is -2.21. The Kier molecular flexibility index (Phi) is 29.2. The maximum absolute atomic E-state index is 12.4. The molecule has 0 heterocycles. The Morgan fingerprint density at radius 3 is 1.61 bits per heavy atom. The first-order chi connectivity index (χ1) is 21.3. The van der Waals surface area contributed by atoms with Gasteiger partial charge >= 0.3 is 0 Å². The maximum Gasteiger partial charge on any atom is 0.267 e. The number of hydrogen-bond acceptors (Lipinski definition) is 4. The van der Waals surface area contributed by atoms with E-state index in [-0.39, 0.29) is 12.3 Å². The number of carbonyl (C=O) groups excluding carboxylic acids is 1. The Hall–Kier alpha value is -2.22. The van der Waals surface area contributed by atoms with Crippen molar-refractivity contribution in [3.63, 3.8) is 0 Å². The average molecular weight is 634 g/mol. The van der Waals surface area contributed by atoms with E-state index in [0.29, 0.717) is 6.42 Å². The summed E-state index contributed by atoms with van der Waals surface area (Å²) in [6.07, 6.45) is 43.1. The van der Waals surface area contributed by atoms with Crippen molar-refractivity contribution in [3.05, 3.63) is 72.9 Å². The molecule has 0 radical (unpaired) electrons. The van der Waals surface area contributed by atoms with Crippen molar-refractivity contribution in [2.75, 3.05) is 5.75 Å². The summed E-state index contributed by atoms with van der Waals surface area (Å²) in [6, 6.07) is -1.08. The van der Waals surface area contributed by atoms with Crippen LogP contribution in [0.1, 0.15) is 136 Å². The number of nitrogens with one attached hydrogen (secondary N) is 1. The number of rotatable bonds is 29. The van der Waals surface area contributed by atoms with Gasteiger partial charge in [0.1, 0.15) is 0 Å². The highest BCUT2D eigenvalue weighted by Crippen LogP contribution is 2.11. The van der Waals surface area contributed by atoms with Crippen LogP contribution < -0.4 is 5.32 Å². The Balaban J connectivity index is 4.10. The van der Waals surface area contributed by atoms with Crippen LogP contribution in [-0.4, -0.2) is 41.9 Å². The van der Waals surface area contributed by atoms with Crippen LogP contribution in [0.3, 0.4) is 0 Å². The molecule has 0 fully saturated rings. The molecule has 0 spiro atoms. The normalized spacial score (nSPS) is 14.4. The highest BCUT2D eigenvalue weighted by molar-refractivity contribution is 7.85. The van der Waals surface area contributed by atoms with Crippen LogP contribution in [0.15, 0.2) is 72.9 Å². The zero-order valence-electron chi connectivity index (χ0n) is 27.8. The van der Waals surface area contributed by atoms with Crippen LogP contribution in [0.25, 0.3) is 0 Å². The van der Waals surface area contributed by atoms with Crippen molar-refractivity contribution in [1.82, 2.24) is 5.32 Å². The third kappa shape index (κ3) is 31.2. The summed E-state index contributed by atoms with van der Waals surface area (Å²) in [5, 5.41) is 13.1. The fraction of sp³-hybridized carbons (Fsp3) is 0.649. The highest BCUT2D eigenvalue weighted by atomic mass is 32.2. The molecule has 7 heteroatoms. The summed E-state index contributed by atoms with van der Waals surface area (Å²) in [5.41, 5.74) is 0. The zero-order chi connectivity index (χ0) is 32.6. The van der Waals surface area contributed by atoms with E-state index >= 15 is 0 Å². The van der Waals surface area contributed by atoms with Gasteiger partial charge in [0.2, 0.25) is 5.91 Å². The zero-order valence-corrected chi connectivity index (χ0v) is 28.6. The van der Waals surface area contributed by atoms with Gasteiger partial charge in [-0.3, -0.25) is 9.35 Å². The molecule has 0 aliphatic heterocycles. The molecule has 2 unspecified atom stereocenters. The third-order valence-electron chi connectivity index (χ3n) is 7.14. The van der Waals surface area contributed by atoms with Gasteiger partial charge in [0.15, 0.2) is 0 Å². The van der Waals surface area contributed by atoms with Gasteiger partial charge in [-0.1, -0.05) is 138 Å². The van der Waals surface area contributed by atoms with Gasteiger partial charge in [-0.05, 0) is 64.2 Å². The first-order valence-electron chi connectivity index (χ1n) is 17.1. The first kappa shape index (κ1) is 41.8. The van der Waals surface area contributed by atoms with E-state index in [9.17, 15) is 22.9 Å². The molecule has 252 valence electrons. The summed E-state index contributed by atoms with van der Waals surface area (Å²) < 4.78 is 32.2. The SMILES string of the molecule is CC/C=C\C/C=C\C/C=C\C/C=C\C/C=C\CCCCCC(=O)NC(CS(=O)(=O)O)C(O)/C=C/CCCCCCCCCC. The molecule has 0 aliphatic carbocycles. The van der Waals surface area contributed by atoms with Crippen molar-refractivity contribution >= 4 is 16.0 Å². The van der Waals surface area contributed by atoms with Gasteiger partial charge in [0.25, 0.3) is 10.1 Å². The predicted molar refractivity (Wildman–Crippen MR) is 188 cm³/mol. The highest BCUT2D eigenvalue weighted by Gasteiger charge is 2.24. The number of hydrogen-bond donors (Lipinski definition) is 3. The van der Waals surface area contributed by atoms with Crippen molar-refractivity contribution in [2.24, 2.45) is 0 Å². The Bertz CT molecular complexity index is 962. The molecular formula is C37H63NO5S. The minimum Gasteiger partial charge on any atom is -0.387 e. The second-order valence-corrected chi connectivity index (χ2v) is 12.9. The molecule has 0 rings (SSSR count). The quantitative estimate of drug-likeness (QED) is 0.0432. The molecule has 44 heavy (non-hydrogen) atoms. The van der Waals surface area contributed by atoms with E-state index < -0.39 is 28.0 Å². The molecule has 0 aromatic heterocycles. The Labute approximate surface area is 270 Å². The number of carbonyl (C=O) groups is 1. The first-order valence-corrected chi connectivity index (χ1v) is 18.7. The summed E-state index contributed by atoms with van der Waals surface area (Å²) in [6.45, 7) is 4.35. The van der Waals surface area contributed by atoms with E-state index in [1.54, 1.807) is 0 Å². The van der Waals surface area contributed by atoms with Crippen LogP contribution >= 0.6 is 0 Å². The summed E-state index contributed by atoms with van der Waals surface area (Å²) in [5.74, 6) is -1.03. The molecule has 0 bridgehead atoms. The van der Waals surface area contributed by atoms with Gasteiger partial charge in [-0.2, -0.15) is 8.42 Å². The van der Waals surface area contributed by atoms with Crippen LogP contribution in [0.4, 0.5) is 0 Å². The van der Waals surface area contributed by atoms with Gasteiger partial charge < -0.3 is 10.4 Å². The molecule has 2 atom stereocenters. The topological polar surface area (TPSA) is 104 Å². The van der Waals surface area contributed by atoms with Gasteiger partial charge in [0.05, 0.1) is 17.9 Å². The van der Waals surface area contributed by atoms with Crippen molar-refractivity contribution in [3.8, 4) is 0 Å². The smallest absolute Gasteiger partial charge is 0.267 e. The molecule has 3 N–H and O–H groups in total. The van der Waals surface area contributed by atoms with Crippen LogP contribution in [0.2, 0.25) is 0 Å². The number of aliphatic hydroxyl groups is 1. The van der Waals surface area contributed by atoms with Gasteiger partial charge in [0, 0.05) is 6.42 Å². The second kappa shape index (κ2) is 30.8. The molecule has 0 aromatic carbocycles. The lowest BCUT2D eigenvalue weighted by molar-refractivity contribution is -0.122. The Morgan fingerprint density at radius 2 is 1.09 bits per heavy atom. The van der Waals surface area contributed by atoms with Crippen LogP contribution in [0, 0.1) is 0 Å². The van der Waals surface area contributed by atoms with Crippen molar-refractivity contribution in [2.45, 2.75) is 148 Å². The number of allylic oxidation sites excluding steroid dienone is 11. The molecule has 1 amide bonds. The second-order valence-electron chi connectivity index (χ2n) is 11.4. The van der Waals surface area contributed by atoms with Gasteiger partial charge in [-0.25, -0.2) is 0 Å². The average Bonchev–Trinajstić information content (AvgIpc) is 2.98. The molecule has 0 aliphatic rings. The molecule has 0 saturated carbocycles. The lowest BCUT2D eigenvalue weighted by Crippen LogP contribution is -2.46. The van der Waals surface area contributed by atoms with E-state index in [1.807, 2.05) is 6.08 Å². The third-order valence-corrected chi connectivity index (χ3v) is 7.92. The molecule has 0 aromatic rings. The van der Waals surface area contributed by atoms with Crippen molar-refractivity contribution in [1.29, 1.82) is 0 Å². The van der Waals surface area contributed by atoms with Crippen LogP contribution in [-0.2, 0) is 14.9 Å². The van der Waals surface area contributed by atoms with E-state index in [0.717, 1.165) is 70.6 Å². The summed E-state index contributed by atoms with van der Waals surface area (Å²) in [7, 11) is -4.35. The fourth-order valence-corrected chi connectivity index (χ4v) is 5.32. The molecule has 0 saturated heterocycles. The van der Waals surface area contributed by atoms with Gasteiger partial charge in [-0.15, -0.1) is 0 Å². The fourth-order valence-electron chi connectivity index (χ4n) is 4.59. The summed E-state index contributed by atoms with van der Waals surface area (Å²) >= 11 is 0. The van der Waals surface area contributed by atoms with E-state index in [4.69, 9.17) is 0 Å². The lowest BCUT2D eigenvalue weighted by atomic mass is 10.1. The minimum atomic E-state index is -4.35. The number of amides is 1. The molecule has 6 nitrogen and oxygen atoms in total. The predicted octanol–water partition coefficient (Wildman–Crippen LogP) is 9.51. The maximum atomic E-state index is 12.4. The van der Waals surface area contributed by atoms with E-state index in [2.05, 4.69) is 79.9 Å². The Morgan fingerprint density at radius 1 is 0.636 bits per heavy atom. The number of unbranched alkanes of at least 4 members (excludes halogenated alkanes) is 11. The largest absolute Gasteiger partial charge is 0.387 e. The standard InChI is InChI=1S/C37H63NO5S/c1-3-5-7-9-11-13-15-16-17-18-19-20-21-22-23-25-27-29-31-33-37(40)38-35(34-44(41,42)43)36(39)32-30-28-26-24-14-12-10-8-6-4-2/h5,7,11,13,16-17,19-20,22-23,30,32,35-36,39H,3-4,6,8-10,12,14-15,18,21,24-29,31,33-34H2,1-2H3,(H,38,40)(H,41,42,43)/b7-5-,13-11-,17-16-,20-19-,23-22-,32-30+.